The summed E-state index contributed by atoms with van der Waals surface area (Å²) in [6, 6.07) is 5.91. The molecule has 0 spiro atoms. The summed E-state index contributed by atoms with van der Waals surface area (Å²) < 4.78 is 26.1. The van der Waals surface area contributed by atoms with Gasteiger partial charge in [0, 0.05) is 19.9 Å². The monoisotopic (exact) mass is 333 g/mol. The fourth-order valence-electron chi connectivity index (χ4n) is 1.35. The SMILES string of the molecule is Nc1cc(F)cc(S(=O)Cc2sccc2Br)c1. The number of hydrogen-bond acceptors (Lipinski definition) is 3. The number of nitrogens with two attached hydrogens (primary N) is 1. The molecular formula is C11H9BrFNOS2. The van der Waals surface area contributed by atoms with Gasteiger partial charge in [0.2, 0.25) is 0 Å². The molecule has 0 saturated carbocycles. The van der Waals surface area contributed by atoms with Crippen LogP contribution in [0.3, 0.4) is 0 Å². The molecule has 0 amide bonds. The van der Waals surface area contributed by atoms with Gasteiger partial charge in [-0.2, -0.15) is 0 Å². The van der Waals surface area contributed by atoms with Gasteiger partial charge in [-0.1, -0.05) is 0 Å². The van der Waals surface area contributed by atoms with Gasteiger partial charge in [0.25, 0.3) is 0 Å². The van der Waals surface area contributed by atoms with Crippen molar-refractivity contribution in [1.29, 1.82) is 0 Å². The van der Waals surface area contributed by atoms with Crippen LogP contribution >= 0.6 is 27.3 Å². The standard InChI is InChI=1S/C11H9BrFNOS2/c12-10-1-2-16-11(10)6-17(15)9-4-7(13)3-8(14)5-9/h1-5H,6,14H2. The van der Waals surface area contributed by atoms with E-state index in [1.54, 1.807) is 6.07 Å². The lowest BCUT2D eigenvalue weighted by molar-refractivity contribution is 0.623. The fourth-order valence-corrected chi connectivity index (χ4v) is 4.47. The quantitative estimate of drug-likeness (QED) is 0.873. The van der Waals surface area contributed by atoms with Gasteiger partial charge in [-0.25, -0.2) is 4.39 Å². The van der Waals surface area contributed by atoms with Crippen LogP contribution in [-0.2, 0) is 16.6 Å². The van der Waals surface area contributed by atoms with Gasteiger partial charge in [-0.15, -0.1) is 11.3 Å². The van der Waals surface area contributed by atoms with E-state index in [1.165, 1.54) is 23.5 Å². The molecule has 0 aliphatic rings. The Kier molecular flexibility index (Phi) is 3.96. The van der Waals surface area contributed by atoms with Crippen LogP contribution in [0.15, 0.2) is 39.0 Å². The lowest BCUT2D eigenvalue weighted by Crippen LogP contribution is -1.98. The molecule has 2 aromatic rings. The molecule has 0 aliphatic heterocycles. The van der Waals surface area contributed by atoms with Crippen LogP contribution in [0.1, 0.15) is 4.88 Å². The zero-order chi connectivity index (χ0) is 12.4. The Morgan fingerprint density at radius 1 is 1.41 bits per heavy atom. The Bertz CT molecular complexity index is 550. The summed E-state index contributed by atoms with van der Waals surface area (Å²) in [6.07, 6.45) is 0. The third-order valence-electron chi connectivity index (χ3n) is 2.11. The molecule has 2 N–H and O–H groups in total. The van der Waals surface area contributed by atoms with E-state index >= 15 is 0 Å². The topological polar surface area (TPSA) is 43.1 Å². The van der Waals surface area contributed by atoms with Crippen molar-refractivity contribution in [2.75, 3.05) is 5.73 Å². The van der Waals surface area contributed by atoms with Crippen molar-refractivity contribution in [1.82, 2.24) is 0 Å². The maximum Gasteiger partial charge on any atom is 0.126 e. The van der Waals surface area contributed by atoms with E-state index in [2.05, 4.69) is 15.9 Å². The van der Waals surface area contributed by atoms with Gasteiger partial charge in [-0.3, -0.25) is 4.21 Å². The van der Waals surface area contributed by atoms with E-state index in [4.69, 9.17) is 5.73 Å². The van der Waals surface area contributed by atoms with Crippen LogP contribution in [-0.4, -0.2) is 4.21 Å². The minimum absolute atomic E-state index is 0.290. The molecule has 1 heterocycles. The minimum Gasteiger partial charge on any atom is -0.399 e. The molecule has 2 rings (SSSR count). The minimum atomic E-state index is -1.28. The van der Waals surface area contributed by atoms with Crippen LogP contribution in [0.4, 0.5) is 10.1 Å². The fraction of sp³-hybridized carbons (Fsp3) is 0.0909. The molecule has 17 heavy (non-hydrogen) atoms. The summed E-state index contributed by atoms with van der Waals surface area (Å²) >= 11 is 4.89. The Hall–Kier alpha value is -0.720. The first-order valence-electron chi connectivity index (χ1n) is 4.72. The largest absolute Gasteiger partial charge is 0.399 e. The van der Waals surface area contributed by atoms with Crippen molar-refractivity contribution in [2.45, 2.75) is 10.6 Å². The van der Waals surface area contributed by atoms with Gasteiger partial charge >= 0.3 is 0 Å². The third kappa shape index (κ3) is 3.14. The molecule has 1 unspecified atom stereocenters. The number of nitrogen functional groups attached to an aromatic ring is 1. The highest BCUT2D eigenvalue weighted by Crippen LogP contribution is 2.26. The predicted molar refractivity (Wildman–Crippen MR) is 72.9 cm³/mol. The molecule has 0 aliphatic carbocycles. The normalized spacial score (nSPS) is 12.6. The van der Waals surface area contributed by atoms with E-state index in [9.17, 15) is 8.60 Å². The highest BCUT2D eigenvalue weighted by atomic mass is 79.9. The van der Waals surface area contributed by atoms with Crippen LogP contribution in [0.2, 0.25) is 0 Å². The predicted octanol–water partition coefficient (Wildman–Crippen LogP) is 3.54. The summed E-state index contributed by atoms with van der Waals surface area (Å²) in [4.78, 5) is 1.40. The number of benzene rings is 1. The summed E-state index contributed by atoms with van der Waals surface area (Å²) in [5.74, 6) is -0.0974. The second-order valence-corrected chi connectivity index (χ2v) is 6.71. The van der Waals surface area contributed by atoms with Gasteiger partial charge in [-0.05, 0) is 45.6 Å². The van der Waals surface area contributed by atoms with Crippen molar-refractivity contribution < 1.29 is 8.60 Å². The summed E-state index contributed by atoms with van der Waals surface area (Å²) in [5, 5.41) is 1.91. The van der Waals surface area contributed by atoms with Crippen LogP contribution in [0.5, 0.6) is 0 Å². The molecule has 6 heteroatoms. The van der Waals surface area contributed by atoms with Gasteiger partial charge in [0.05, 0.1) is 16.6 Å². The van der Waals surface area contributed by atoms with Crippen LogP contribution in [0.25, 0.3) is 0 Å². The van der Waals surface area contributed by atoms with E-state index in [0.717, 1.165) is 9.35 Å². The zero-order valence-corrected chi connectivity index (χ0v) is 11.9. The summed E-state index contributed by atoms with van der Waals surface area (Å²) in [6.45, 7) is 0. The van der Waals surface area contributed by atoms with Crippen molar-refractivity contribution in [3.05, 3.63) is 44.8 Å². The average molecular weight is 334 g/mol. The molecule has 2 nitrogen and oxygen atoms in total. The molecule has 0 bridgehead atoms. The molecule has 0 radical (unpaired) electrons. The van der Waals surface area contributed by atoms with Crippen molar-refractivity contribution in [2.24, 2.45) is 0 Å². The first-order chi connectivity index (χ1) is 8.06. The molecular weight excluding hydrogens is 325 g/mol. The second-order valence-electron chi connectivity index (χ2n) is 3.40. The van der Waals surface area contributed by atoms with E-state index in [-0.39, 0.29) is 0 Å². The Morgan fingerprint density at radius 2 is 2.18 bits per heavy atom. The molecule has 1 aromatic heterocycles. The number of thiophene rings is 1. The summed E-state index contributed by atoms with van der Waals surface area (Å²) in [7, 11) is -1.28. The Morgan fingerprint density at radius 3 is 2.76 bits per heavy atom. The van der Waals surface area contributed by atoms with Gasteiger partial charge in [0.1, 0.15) is 5.82 Å². The van der Waals surface area contributed by atoms with Crippen molar-refractivity contribution in [3.8, 4) is 0 Å². The second kappa shape index (κ2) is 5.29. The third-order valence-corrected chi connectivity index (χ3v) is 5.53. The molecule has 1 aromatic carbocycles. The molecule has 1 atom stereocenters. The molecule has 90 valence electrons. The lowest BCUT2D eigenvalue weighted by atomic mass is 10.3. The number of hydrogen-bond donors (Lipinski definition) is 1. The molecule has 0 saturated heterocycles. The zero-order valence-electron chi connectivity index (χ0n) is 8.65. The van der Waals surface area contributed by atoms with Crippen LogP contribution in [0, 0.1) is 5.82 Å². The maximum atomic E-state index is 13.1. The highest BCUT2D eigenvalue weighted by molar-refractivity contribution is 9.10. The Labute approximate surface area is 113 Å². The first-order valence-corrected chi connectivity index (χ1v) is 7.72. The smallest absolute Gasteiger partial charge is 0.126 e. The van der Waals surface area contributed by atoms with E-state index < -0.39 is 16.6 Å². The van der Waals surface area contributed by atoms with E-state index in [1.807, 2.05) is 11.4 Å². The lowest BCUT2D eigenvalue weighted by Gasteiger charge is -2.03. The number of halogens is 2. The van der Waals surface area contributed by atoms with Crippen molar-refractivity contribution >= 4 is 43.8 Å². The first kappa shape index (κ1) is 12.7. The Balaban J connectivity index is 2.23. The maximum absolute atomic E-state index is 13.1. The summed E-state index contributed by atoms with van der Waals surface area (Å²) in [5.41, 5.74) is 5.81. The van der Waals surface area contributed by atoms with E-state index in [0.29, 0.717) is 16.3 Å². The number of rotatable bonds is 3. The average Bonchev–Trinajstić information content (AvgIpc) is 2.63. The van der Waals surface area contributed by atoms with Crippen molar-refractivity contribution in [3.63, 3.8) is 0 Å². The van der Waals surface area contributed by atoms with Gasteiger partial charge < -0.3 is 5.73 Å². The van der Waals surface area contributed by atoms with Crippen LogP contribution < -0.4 is 5.73 Å². The highest BCUT2D eigenvalue weighted by Gasteiger charge is 2.10. The molecule has 0 fully saturated rings. The van der Waals surface area contributed by atoms with Gasteiger partial charge in [0.15, 0.2) is 0 Å². The number of anilines is 1.